The fourth-order valence-corrected chi connectivity index (χ4v) is 3.93. The number of ether oxygens (including phenoxy) is 2. The van der Waals surface area contributed by atoms with Crippen molar-refractivity contribution in [1.29, 1.82) is 0 Å². The highest BCUT2D eigenvalue weighted by molar-refractivity contribution is 6.06. The van der Waals surface area contributed by atoms with E-state index in [1.54, 1.807) is 20.3 Å². The minimum absolute atomic E-state index is 0.254. The third-order valence-electron chi connectivity index (χ3n) is 5.63. The number of methoxy groups -OCH3 is 2. The largest absolute Gasteiger partial charge is 0.496 e. The van der Waals surface area contributed by atoms with Gasteiger partial charge in [0.05, 0.1) is 32.4 Å². The lowest BCUT2D eigenvalue weighted by atomic mass is 9.97. The number of benzene rings is 2. The summed E-state index contributed by atoms with van der Waals surface area (Å²) in [6.07, 6.45) is 2.49. The first-order valence-corrected chi connectivity index (χ1v) is 11.5. The predicted octanol–water partition coefficient (Wildman–Crippen LogP) is 3.98. The minimum Gasteiger partial charge on any atom is -0.496 e. The molecule has 9 heteroatoms. The van der Waals surface area contributed by atoms with Crippen molar-refractivity contribution in [3.63, 3.8) is 0 Å². The Bertz CT molecular complexity index is 1150. The van der Waals surface area contributed by atoms with Crippen LogP contribution in [0.2, 0.25) is 0 Å². The lowest BCUT2D eigenvalue weighted by Crippen LogP contribution is -2.44. The molecule has 186 valence electrons. The van der Waals surface area contributed by atoms with Gasteiger partial charge in [0.2, 0.25) is 5.91 Å². The number of amides is 4. The molecule has 3 rings (SSSR count). The van der Waals surface area contributed by atoms with Crippen LogP contribution in [0.25, 0.3) is 10.9 Å². The number of aromatic amines is 1. The van der Waals surface area contributed by atoms with E-state index in [2.05, 4.69) is 27.9 Å². The number of aromatic nitrogens is 1. The van der Waals surface area contributed by atoms with Crippen LogP contribution >= 0.6 is 0 Å². The number of aryl methyl sites for hydroxylation is 1. The fourth-order valence-electron chi connectivity index (χ4n) is 3.93. The lowest BCUT2D eigenvalue weighted by Gasteiger charge is -2.24. The Morgan fingerprint density at radius 3 is 2.34 bits per heavy atom. The number of nitrogens with one attached hydrogen (secondary N) is 4. The van der Waals surface area contributed by atoms with Gasteiger partial charge >= 0.3 is 6.03 Å². The first-order valence-electron chi connectivity index (χ1n) is 11.5. The molecule has 9 nitrogen and oxygen atoms in total. The van der Waals surface area contributed by atoms with Gasteiger partial charge in [-0.2, -0.15) is 0 Å². The summed E-state index contributed by atoms with van der Waals surface area (Å²) in [6, 6.07) is 11.7. The van der Waals surface area contributed by atoms with Crippen molar-refractivity contribution < 1.29 is 23.9 Å². The molecule has 1 heterocycles. The summed E-state index contributed by atoms with van der Waals surface area (Å²) in [5.74, 6) is 0.258. The van der Waals surface area contributed by atoms with Gasteiger partial charge in [-0.25, -0.2) is 4.79 Å². The third kappa shape index (κ3) is 6.53. The lowest BCUT2D eigenvalue weighted by molar-refractivity contribution is -0.120. The van der Waals surface area contributed by atoms with Gasteiger partial charge in [0, 0.05) is 10.9 Å². The summed E-state index contributed by atoms with van der Waals surface area (Å²) in [5, 5.41) is 8.49. The first kappa shape index (κ1) is 25.6. The highest BCUT2D eigenvalue weighted by Crippen LogP contribution is 2.37. The molecule has 35 heavy (non-hydrogen) atoms. The Balaban J connectivity index is 1.62. The Morgan fingerprint density at radius 1 is 1.03 bits per heavy atom. The molecule has 0 bridgehead atoms. The minimum atomic E-state index is -0.764. The Kier molecular flexibility index (Phi) is 8.72. The predicted molar refractivity (Wildman–Crippen MR) is 134 cm³/mol. The number of unbranched alkanes of at least 4 members (excludes halogenated alkanes) is 1. The van der Waals surface area contributed by atoms with Crippen LogP contribution in [-0.2, 0) is 4.79 Å². The van der Waals surface area contributed by atoms with Gasteiger partial charge in [-0.15, -0.1) is 0 Å². The number of rotatable bonds is 10. The summed E-state index contributed by atoms with van der Waals surface area (Å²) in [7, 11) is 3.15. The number of H-pyrrole nitrogens is 1. The van der Waals surface area contributed by atoms with Crippen molar-refractivity contribution in [2.24, 2.45) is 0 Å². The van der Waals surface area contributed by atoms with E-state index in [0.717, 1.165) is 34.9 Å². The number of carbonyl (C=O) groups excluding carboxylic acids is 3. The van der Waals surface area contributed by atoms with Crippen molar-refractivity contribution >= 4 is 28.7 Å². The van der Waals surface area contributed by atoms with Crippen LogP contribution in [-0.4, -0.2) is 43.6 Å². The smallest absolute Gasteiger partial charge is 0.322 e. The van der Waals surface area contributed by atoms with Gasteiger partial charge in [-0.3, -0.25) is 14.9 Å². The first-order chi connectivity index (χ1) is 16.9. The van der Waals surface area contributed by atoms with E-state index in [-0.39, 0.29) is 18.3 Å². The molecule has 4 amide bonds. The Morgan fingerprint density at radius 2 is 1.71 bits per heavy atom. The average Bonchev–Trinajstić information content (AvgIpc) is 3.29. The molecule has 0 spiro atoms. The van der Waals surface area contributed by atoms with Crippen molar-refractivity contribution in [1.82, 2.24) is 20.9 Å². The summed E-state index contributed by atoms with van der Waals surface area (Å²) >= 11 is 0. The number of para-hydroxylation sites is 1. The molecule has 0 aliphatic rings. The molecule has 0 saturated heterocycles. The maximum atomic E-state index is 12.7. The standard InChI is InChI=1S/C26H32N4O5/c1-5-6-10-19(24-21(34-3)12-16(2)13-22(24)35-4)29-23(31)15-27-26(33)30-25(32)20-14-17-9-7-8-11-18(17)28-20/h7-9,11-14,19,28H,5-6,10,15H2,1-4H3,(H,29,31)(H2,27,30,32,33). The summed E-state index contributed by atoms with van der Waals surface area (Å²) in [4.78, 5) is 40.3. The van der Waals surface area contributed by atoms with Crippen LogP contribution < -0.4 is 25.4 Å². The number of urea groups is 1. The quantitative estimate of drug-likeness (QED) is 0.350. The van der Waals surface area contributed by atoms with Gasteiger partial charge in [0.15, 0.2) is 0 Å². The second kappa shape index (κ2) is 11.9. The second-order valence-electron chi connectivity index (χ2n) is 8.25. The molecule has 4 N–H and O–H groups in total. The van der Waals surface area contributed by atoms with Crippen LogP contribution in [0.1, 0.15) is 53.8 Å². The van der Waals surface area contributed by atoms with Crippen LogP contribution in [0.3, 0.4) is 0 Å². The van der Waals surface area contributed by atoms with E-state index in [1.165, 1.54) is 0 Å². The summed E-state index contributed by atoms with van der Waals surface area (Å²) in [5.41, 5.74) is 2.77. The van der Waals surface area contributed by atoms with E-state index in [1.807, 2.05) is 43.3 Å². The second-order valence-corrected chi connectivity index (χ2v) is 8.25. The SMILES string of the molecule is CCCCC(NC(=O)CNC(=O)NC(=O)c1cc2ccccc2[nH]1)c1c(OC)cc(C)cc1OC. The molecule has 1 atom stereocenters. The summed E-state index contributed by atoms with van der Waals surface area (Å²) < 4.78 is 11.1. The van der Waals surface area contributed by atoms with Gasteiger partial charge in [-0.05, 0) is 43.2 Å². The van der Waals surface area contributed by atoms with Gasteiger partial charge in [-0.1, -0.05) is 38.0 Å². The molecule has 1 aromatic heterocycles. The number of hydrogen-bond donors (Lipinski definition) is 4. The third-order valence-corrected chi connectivity index (χ3v) is 5.63. The monoisotopic (exact) mass is 480 g/mol. The highest BCUT2D eigenvalue weighted by Gasteiger charge is 2.23. The molecule has 1 unspecified atom stereocenters. The average molecular weight is 481 g/mol. The number of carbonyl (C=O) groups is 3. The zero-order valence-electron chi connectivity index (χ0n) is 20.5. The zero-order chi connectivity index (χ0) is 25.4. The zero-order valence-corrected chi connectivity index (χ0v) is 20.5. The van der Waals surface area contributed by atoms with E-state index >= 15 is 0 Å². The van der Waals surface area contributed by atoms with E-state index < -0.39 is 17.8 Å². The van der Waals surface area contributed by atoms with Crippen LogP contribution in [0, 0.1) is 6.92 Å². The van der Waals surface area contributed by atoms with Gasteiger partial charge in [0.25, 0.3) is 5.91 Å². The number of imide groups is 1. The van der Waals surface area contributed by atoms with Crippen LogP contribution in [0.5, 0.6) is 11.5 Å². The summed E-state index contributed by atoms with van der Waals surface area (Å²) in [6.45, 7) is 3.71. The van der Waals surface area contributed by atoms with Crippen molar-refractivity contribution in [2.75, 3.05) is 20.8 Å². The molecule has 0 saturated carbocycles. The van der Waals surface area contributed by atoms with E-state index in [4.69, 9.17) is 9.47 Å². The topological polar surface area (TPSA) is 122 Å². The molecule has 3 aromatic rings. The van der Waals surface area contributed by atoms with E-state index in [0.29, 0.717) is 17.9 Å². The Hall–Kier alpha value is -4.01. The maximum Gasteiger partial charge on any atom is 0.322 e. The molecule has 2 aromatic carbocycles. The molecule has 0 aliphatic heterocycles. The Labute approximate surface area is 204 Å². The molecular formula is C26H32N4O5. The van der Waals surface area contributed by atoms with Crippen LogP contribution in [0.4, 0.5) is 4.79 Å². The van der Waals surface area contributed by atoms with Crippen molar-refractivity contribution in [3.8, 4) is 11.5 Å². The fraction of sp³-hybridized carbons (Fsp3) is 0.346. The highest BCUT2D eigenvalue weighted by atomic mass is 16.5. The van der Waals surface area contributed by atoms with Gasteiger partial charge in [0.1, 0.15) is 17.2 Å². The van der Waals surface area contributed by atoms with Crippen LogP contribution in [0.15, 0.2) is 42.5 Å². The number of fused-ring (bicyclic) bond motifs is 1. The molecular weight excluding hydrogens is 448 g/mol. The maximum absolute atomic E-state index is 12.7. The molecule has 0 aliphatic carbocycles. The number of hydrogen-bond acceptors (Lipinski definition) is 5. The molecule has 0 fully saturated rings. The normalized spacial score (nSPS) is 11.5. The van der Waals surface area contributed by atoms with Crippen molar-refractivity contribution in [3.05, 3.63) is 59.3 Å². The van der Waals surface area contributed by atoms with E-state index in [9.17, 15) is 14.4 Å². The van der Waals surface area contributed by atoms with Gasteiger partial charge < -0.3 is 25.1 Å². The van der Waals surface area contributed by atoms with Crippen molar-refractivity contribution in [2.45, 2.75) is 39.2 Å². The molecule has 0 radical (unpaired) electrons.